The van der Waals surface area contributed by atoms with Crippen molar-refractivity contribution in [2.24, 2.45) is 0 Å². The van der Waals surface area contributed by atoms with Crippen LogP contribution in [0.3, 0.4) is 0 Å². The van der Waals surface area contributed by atoms with Crippen LogP contribution in [0.15, 0.2) is 70.3 Å². The molecule has 0 atom stereocenters. The average molecular weight is 298 g/mol. The van der Waals surface area contributed by atoms with E-state index in [0.717, 1.165) is 17.7 Å². The van der Waals surface area contributed by atoms with Crippen molar-refractivity contribution in [3.05, 3.63) is 71.4 Å². The highest BCUT2D eigenvalue weighted by Crippen LogP contribution is 2.27. The third-order valence-corrected chi connectivity index (χ3v) is 4.05. The van der Waals surface area contributed by atoms with Crippen molar-refractivity contribution in [2.75, 3.05) is 5.75 Å². The molecule has 0 bridgehead atoms. The number of nitrogens with zero attached hydrogens (tertiary/aromatic N) is 2. The second-order valence-corrected chi connectivity index (χ2v) is 5.62. The minimum absolute atomic E-state index is 0.472. The van der Waals surface area contributed by atoms with Gasteiger partial charge in [0.2, 0.25) is 5.69 Å². The lowest BCUT2D eigenvalue weighted by Crippen LogP contribution is -2.25. The Bertz CT molecular complexity index is 699. The first kappa shape index (κ1) is 13.7. The zero-order chi connectivity index (χ0) is 14.5. The summed E-state index contributed by atoms with van der Waals surface area (Å²) in [6.07, 6.45) is 0.922. The Morgan fingerprint density at radius 2 is 1.67 bits per heavy atom. The quantitative estimate of drug-likeness (QED) is 0.535. The summed E-state index contributed by atoms with van der Waals surface area (Å²) in [5.74, 6) is 0.844. The molecule has 106 valence electrons. The molecule has 1 heterocycles. The molecular weight excluding hydrogens is 284 g/mol. The van der Waals surface area contributed by atoms with Gasteiger partial charge in [0.05, 0.1) is 5.16 Å². The fourth-order valence-corrected chi connectivity index (χ4v) is 3.01. The number of thioether (sulfide) groups is 1. The van der Waals surface area contributed by atoms with E-state index in [1.165, 1.54) is 17.3 Å². The lowest BCUT2D eigenvalue weighted by molar-refractivity contribution is -0.793. The molecule has 0 unspecified atom stereocenters. The van der Waals surface area contributed by atoms with Crippen molar-refractivity contribution < 1.29 is 9.53 Å². The van der Waals surface area contributed by atoms with E-state index in [2.05, 4.69) is 17.3 Å². The fraction of sp³-hybridized carbons (Fsp3) is 0.125. The van der Waals surface area contributed by atoms with Crippen molar-refractivity contribution in [1.82, 2.24) is 5.16 Å². The van der Waals surface area contributed by atoms with Crippen LogP contribution in [0.25, 0.3) is 11.3 Å². The highest BCUT2D eigenvalue weighted by Gasteiger charge is 2.21. The fourth-order valence-electron chi connectivity index (χ4n) is 2.07. The first-order valence-corrected chi connectivity index (χ1v) is 7.65. The zero-order valence-corrected chi connectivity index (χ0v) is 12.1. The minimum Gasteiger partial charge on any atom is -0.359 e. The van der Waals surface area contributed by atoms with E-state index >= 15 is 0 Å². The van der Waals surface area contributed by atoms with Gasteiger partial charge in [-0.25, -0.2) is 0 Å². The topological polar surface area (TPSA) is 53.0 Å². The smallest absolute Gasteiger partial charge is 0.282 e. The van der Waals surface area contributed by atoms with E-state index in [0.29, 0.717) is 15.6 Å². The zero-order valence-electron chi connectivity index (χ0n) is 11.3. The van der Waals surface area contributed by atoms with Crippen molar-refractivity contribution in [3.63, 3.8) is 0 Å². The van der Waals surface area contributed by atoms with Crippen molar-refractivity contribution in [3.8, 4) is 11.3 Å². The molecule has 0 fully saturated rings. The van der Waals surface area contributed by atoms with Crippen molar-refractivity contribution in [1.29, 1.82) is 0 Å². The predicted molar refractivity (Wildman–Crippen MR) is 81.8 cm³/mol. The standard InChI is InChI=1S/C16H14N2O2S/c19-18-15(14-9-5-2-6-10-14)16(17-20-18)21-12-11-13-7-3-1-4-8-13/h1-10H,11-12H2. The molecule has 3 aromatic rings. The van der Waals surface area contributed by atoms with E-state index in [4.69, 9.17) is 4.63 Å². The average Bonchev–Trinajstić information content (AvgIpc) is 2.90. The Labute approximate surface area is 126 Å². The van der Waals surface area contributed by atoms with Crippen LogP contribution in [-0.2, 0) is 6.42 Å². The maximum absolute atomic E-state index is 11.7. The molecule has 0 saturated heterocycles. The first-order valence-electron chi connectivity index (χ1n) is 6.66. The molecule has 0 aliphatic heterocycles. The van der Waals surface area contributed by atoms with Crippen LogP contribution in [0.4, 0.5) is 0 Å². The summed E-state index contributed by atoms with van der Waals surface area (Å²) in [7, 11) is 0. The molecule has 0 N–H and O–H groups in total. The molecule has 0 saturated carbocycles. The molecule has 3 rings (SSSR count). The van der Waals surface area contributed by atoms with Gasteiger partial charge in [-0.2, -0.15) is 0 Å². The third kappa shape index (κ3) is 3.25. The van der Waals surface area contributed by atoms with Gasteiger partial charge >= 0.3 is 0 Å². The number of hydrogen-bond donors (Lipinski definition) is 0. The molecule has 21 heavy (non-hydrogen) atoms. The second kappa shape index (κ2) is 6.45. The van der Waals surface area contributed by atoms with Crippen LogP contribution in [0.5, 0.6) is 0 Å². The van der Waals surface area contributed by atoms with E-state index in [1.54, 1.807) is 0 Å². The Balaban J connectivity index is 1.72. The Morgan fingerprint density at radius 3 is 2.38 bits per heavy atom. The molecule has 0 aliphatic carbocycles. The largest absolute Gasteiger partial charge is 0.359 e. The van der Waals surface area contributed by atoms with Gasteiger partial charge in [0.1, 0.15) is 0 Å². The van der Waals surface area contributed by atoms with Gasteiger partial charge in [-0.05, 0) is 16.9 Å². The Morgan fingerprint density at radius 1 is 1.00 bits per heavy atom. The van der Waals surface area contributed by atoms with Gasteiger partial charge in [0.15, 0.2) is 0 Å². The lowest BCUT2D eigenvalue weighted by atomic mass is 10.2. The summed E-state index contributed by atoms with van der Waals surface area (Å²) in [5, 5.41) is 16.2. The molecule has 2 aromatic carbocycles. The lowest BCUT2D eigenvalue weighted by Gasteiger charge is -2.00. The van der Waals surface area contributed by atoms with E-state index in [-0.39, 0.29) is 0 Å². The Kier molecular flexibility index (Phi) is 4.21. The second-order valence-electron chi connectivity index (χ2n) is 4.53. The van der Waals surface area contributed by atoms with Crippen LogP contribution in [0, 0.1) is 5.21 Å². The molecule has 0 aliphatic rings. The maximum Gasteiger partial charge on any atom is 0.282 e. The summed E-state index contributed by atoms with van der Waals surface area (Å²) in [6, 6.07) is 19.7. The van der Waals surface area contributed by atoms with Gasteiger partial charge in [-0.3, -0.25) is 4.63 Å². The third-order valence-electron chi connectivity index (χ3n) is 3.10. The van der Waals surface area contributed by atoms with Crippen LogP contribution in [-0.4, -0.2) is 10.9 Å². The number of benzene rings is 2. The van der Waals surface area contributed by atoms with E-state index in [1.807, 2.05) is 48.5 Å². The summed E-state index contributed by atoms with van der Waals surface area (Å²) in [6.45, 7) is 0. The van der Waals surface area contributed by atoms with Crippen molar-refractivity contribution in [2.45, 2.75) is 11.4 Å². The minimum atomic E-state index is 0.472. The van der Waals surface area contributed by atoms with Crippen LogP contribution >= 0.6 is 11.8 Å². The predicted octanol–water partition coefficient (Wildman–Crippen LogP) is 3.31. The summed E-state index contributed by atoms with van der Waals surface area (Å²) >= 11 is 1.53. The highest BCUT2D eigenvalue weighted by molar-refractivity contribution is 7.99. The number of hydrogen-bond acceptors (Lipinski definition) is 4. The normalized spacial score (nSPS) is 10.7. The number of aromatic nitrogens is 2. The molecule has 0 amide bonds. The molecular formula is C16H14N2O2S. The van der Waals surface area contributed by atoms with Gasteiger partial charge in [0.25, 0.3) is 5.03 Å². The molecule has 4 nitrogen and oxygen atoms in total. The summed E-state index contributed by atoms with van der Waals surface area (Å²) in [4.78, 5) is 0.472. The Hall–Kier alpha value is -2.27. The van der Waals surface area contributed by atoms with Gasteiger partial charge in [-0.1, -0.05) is 72.4 Å². The summed E-state index contributed by atoms with van der Waals surface area (Å²) in [5.41, 5.74) is 2.56. The van der Waals surface area contributed by atoms with E-state index in [9.17, 15) is 5.21 Å². The SMILES string of the molecule is [O-][n+]1onc(SCCc2ccccc2)c1-c1ccccc1. The molecule has 0 spiro atoms. The maximum atomic E-state index is 11.7. The molecule has 0 radical (unpaired) electrons. The van der Waals surface area contributed by atoms with Crippen LogP contribution < -0.4 is 4.90 Å². The highest BCUT2D eigenvalue weighted by atomic mass is 32.2. The van der Waals surface area contributed by atoms with Gasteiger partial charge < -0.3 is 5.21 Å². The van der Waals surface area contributed by atoms with Crippen molar-refractivity contribution >= 4 is 11.8 Å². The first-order chi connectivity index (χ1) is 10.3. The summed E-state index contributed by atoms with van der Waals surface area (Å²) < 4.78 is 4.74. The van der Waals surface area contributed by atoms with Crippen LogP contribution in [0.2, 0.25) is 0 Å². The molecule has 5 heteroatoms. The van der Waals surface area contributed by atoms with Gasteiger partial charge in [-0.15, -0.1) is 0 Å². The van der Waals surface area contributed by atoms with E-state index < -0.39 is 0 Å². The monoisotopic (exact) mass is 298 g/mol. The van der Waals surface area contributed by atoms with Crippen LogP contribution in [0.1, 0.15) is 5.56 Å². The molecule has 1 aromatic heterocycles. The van der Waals surface area contributed by atoms with Gasteiger partial charge in [0, 0.05) is 11.3 Å². The number of rotatable bonds is 5. The number of aryl methyl sites for hydroxylation is 1.